The van der Waals surface area contributed by atoms with Crippen LogP contribution in [0.25, 0.3) is 23.4 Å². The average molecular weight is 226 g/mol. The van der Waals surface area contributed by atoms with Gasteiger partial charge in [0.15, 0.2) is 11.4 Å². The van der Waals surface area contributed by atoms with Crippen LogP contribution in [-0.2, 0) is 0 Å². The molecule has 0 aliphatic carbocycles. The predicted octanol–water partition coefficient (Wildman–Crippen LogP) is -2.55. The van der Waals surface area contributed by atoms with Crippen LogP contribution >= 0.6 is 0 Å². The summed E-state index contributed by atoms with van der Waals surface area (Å²) in [6.45, 7) is 0. The van der Waals surface area contributed by atoms with Gasteiger partial charge in [-0.1, -0.05) is 0 Å². The maximum Gasteiger partial charge on any atom is 0.168 e. The first-order valence-corrected chi connectivity index (χ1v) is 4.82. The monoisotopic (exact) mass is 226 g/mol. The fourth-order valence-corrected chi connectivity index (χ4v) is 1.24. The van der Waals surface area contributed by atoms with Crippen LogP contribution in [0.2, 0.25) is 0 Å². The van der Waals surface area contributed by atoms with Gasteiger partial charge in [0.05, 0.1) is 14.1 Å². The minimum absolute atomic E-state index is 0.185. The molecule has 0 aliphatic rings. The van der Waals surface area contributed by atoms with Crippen molar-refractivity contribution < 1.29 is 20.5 Å². The lowest BCUT2D eigenvalue weighted by molar-refractivity contribution is -1.43. The Labute approximate surface area is 94.4 Å². The third-order valence-electron chi connectivity index (χ3n) is 2.21. The first-order chi connectivity index (χ1) is 7.43. The molecule has 8 nitrogen and oxygen atoms in total. The molecule has 1 aromatic carbocycles. The molecule has 0 saturated heterocycles. The Kier molecular flexibility index (Phi) is 4.29. The second kappa shape index (κ2) is 5.30. The smallest absolute Gasteiger partial charge is 0.168 e. The predicted molar refractivity (Wildman–Crippen MR) is 58.7 cm³/mol. The summed E-state index contributed by atoms with van der Waals surface area (Å²) in [7, 11) is 3.14. The summed E-state index contributed by atoms with van der Waals surface area (Å²) in [5, 5.41) is 0.798. The van der Waals surface area contributed by atoms with Gasteiger partial charge in [-0.05, 0) is 0 Å². The van der Waals surface area contributed by atoms with E-state index in [9.17, 15) is 0 Å². The lowest BCUT2D eigenvalue weighted by Crippen LogP contribution is -3.51. The Morgan fingerprint density at radius 1 is 0.688 bits per heavy atom. The highest BCUT2D eigenvalue weighted by atomic mass is 15.8. The molecule has 0 spiro atoms. The molecule has 0 radical (unpaired) electrons. The minimum Gasteiger partial charge on any atom is -0.418 e. The van der Waals surface area contributed by atoms with Crippen molar-refractivity contribution in [2.45, 2.75) is 0 Å². The van der Waals surface area contributed by atoms with Crippen LogP contribution in [0.4, 0.5) is 11.4 Å². The SMILES string of the molecule is C[NH+]([NH-])[NH+]([NH-])c1ccc([NH+]([NH-])[NH+](C)[NH-])cc1. The summed E-state index contributed by atoms with van der Waals surface area (Å²) in [5.41, 5.74) is 1.32. The Morgan fingerprint density at radius 3 is 1.12 bits per heavy atom. The Balaban J connectivity index is 2.83. The van der Waals surface area contributed by atoms with Crippen molar-refractivity contribution in [3.05, 3.63) is 47.6 Å². The molecule has 0 heterocycles. The second-order valence-corrected chi connectivity index (χ2v) is 3.58. The van der Waals surface area contributed by atoms with Crippen molar-refractivity contribution in [3.63, 3.8) is 0 Å². The quantitative estimate of drug-likeness (QED) is 0.405. The van der Waals surface area contributed by atoms with Crippen LogP contribution in [0.3, 0.4) is 0 Å². The minimum atomic E-state index is 0.185. The van der Waals surface area contributed by atoms with Crippen molar-refractivity contribution in [1.82, 2.24) is 0 Å². The van der Waals surface area contributed by atoms with Crippen LogP contribution in [0.5, 0.6) is 0 Å². The highest BCUT2D eigenvalue weighted by Gasteiger charge is 2.08. The van der Waals surface area contributed by atoms with Crippen molar-refractivity contribution in [2.24, 2.45) is 0 Å². The lowest BCUT2D eigenvalue weighted by Gasteiger charge is -2.30. The van der Waals surface area contributed by atoms with Crippen LogP contribution in [-0.4, -0.2) is 14.1 Å². The Bertz CT molecular complexity index is 288. The zero-order valence-electron chi connectivity index (χ0n) is 9.31. The van der Waals surface area contributed by atoms with Gasteiger partial charge < -0.3 is 23.4 Å². The van der Waals surface area contributed by atoms with Gasteiger partial charge in [0.1, 0.15) is 0 Å². The summed E-state index contributed by atoms with van der Waals surface area (Å²) < 4.78 is 0. The summed E-state index contributed by atoms with van der Waals surface area (Å²) in [4.78, 5) is 0. The third-order valence-corrected chi connectivity index (χ3v) is 2.21. The zero-order valence-corrected chi connectivity index (χ0v) is 9.31. The van der Waals surface area contributed by atoms with Gasteiger partial charge in [-0.2, -0.15) is 0 Å². The highest BCUT2D eigenvalue weighted by Crippen LogP contribution is 2.05. The van der Waals surface area contributed by atoms with E-state index in [0.29, 0.717) is 11.4 Å². The van der Waals surface area contributed by atoms with Crippen LogP contribution < -0.4 is 20.5 Å². The van der Waals surface area contributed by atoms with E-state index < -0.39 is 0 Å². The molecule has 0 fully saturated rings. The molecule has 1 aromatic rings. The highest BCUT2D eigenvalue weighted by molar-refractivity contribution is 5.38. The molecular weight excluding hydrogens is 208 g/mol. The number of hydrogen-bond donors (Lipinski definition) is 4. The van der Waals surface area contributed by atoms with E-state index in [0.717, 1.165) is 0 Å². The van der Waals surface area contributed by atoms with Crippen molar-refractivity contribution in [3.8, 4) is 0 Å². The van der Waals surface area contributed by atoms with Crippen molar-refractivity contribution in [2.75, 3.05) is 14.1 Å². The molecule has 8 heteroatoms. The topological polar surface area (TPSA) is 113 Å². The van der Waals surface area contributed by atoms with Crippen LogP contribution in [0.1, 0.15) is 0 Å². The summed E-state index contributed by atoms with van der Waals surface area (Å²) in [5.74, 6) is 29.9. The van der Waals surface area contributed by atoms with Crippen molar-refractivity contribution in [1.29, 1.82) is 0 Å². The largest absolute Gasteiger partial charge is 0.418 e. The summed E-state index contributed by atoms with van der Waals surface area (Å²) in [6, 6.07) is 6.81. The first-order valence-electron chi connectivity index (χ1n) is 4.82. The van der Waals surface area contributed by atoms with E-state index in [1.54, 1.807) is 38.4 Å². The van der Waals surface area contributed by atoms with Gasteiger partial charge in [0.25, 0.3) is 0 Å². The molecule has 4 unspecified atom stereocenters. The molecule has 0 bridgehead atoms. The van der Waals surface area contributed by atoms with E-state index in [1.807, 2.05) is 0 Å². The first kappa shape index (κ1) is 13.0. The fraction of sp³-hybridized carbons (Fsp3) is 0.250. The van der Waals surface area contributed by atoms with Crippen molar-refractivity contribution >= 4 is 11.4 Å². The maximum atomic E-state index is 7.63. The molecule has 0 aliphatic heterocycles. The average Bonchev–Trinajstić information content (AvgIpc) is 2.27. The van der Waals surface area contributed by atoms with Gasteiger partial charge >= 0.3 is 0 Å². The second-order valence-electron chi connectivity index (χ2n) is 3.58. The molecule has 90 valence electrons. The van der Waals surface area contributed by atoms with Gasteiger partial charge in [-0.15, -0.1) is 0 Å². The molecule has 0 aromatic heterocycles. The Morgan fingerprint density at radius 2 is 0.938 bits per heavy atom. The van der Waals surface area contributed by atoms with E-state index >= 15 is 0 Å². The lowest BCUT2D eigenvalue weighted by atomic mass is 10.3. The summed E-state index contributed by atoms with van der Waals surface area (Å²) >= 11 is 0. The van der Waals surface area contributed by atoms with Gasteiger partial charge in [0, 0.05) is 24.3 Å². The van der Waals surface area contributed by atoms with Crippen LogP contribution in [0, 0.1) is 0 Å². The molecule has 1 rings (SSSR count). The fourth-order valence-electron chi connectivity index (χ4n) is 1.24. The summed E-state index contributed by atoms with van der Waals surface area (Å²) in [6.07, 6.45) is 0. The van der Waals surface area contributed by atoms with E-state index in [2.05, 4.69) is 0 Å². The molecule has 0 saturated carbocycles. The molecule has 4 atom stereocenters. The molecule has 8 N–H and O–H groups in total. The number of quaternary nitrogens is 4. The standard InChI is InChI=1S/C8H18N8/c1-13(9)15(11)7-3-5-8(6-4-7)16(12)14(2)10/h3-6,9-16H,1-2H3. The van der Waals surface area contributed by atoms with Crippen LogP contribution in [0.15, 0.2) is 24.3 Å². The van der Waals surface area contributed by atoms with E-state index in [4.69, 9.17) is 23.4 Å². The zero-order chi connectivity index (χ0) is 12.3. The van der Waals surface area contributed by atoms with E-state index in [1.165, 1.54) is 0 Å². The normalized spacial score (nSPS) is 18.9. The number of hydrogen-bond acceptors (Lipinski definition) is 0. The van der Waals surface area contributed by atoms with Gasteiger partial charge in [-0.3, -0.25) is 10.2 Å². The molecule has 16 heavy (non-hydrogen) atoms. The van der Waals surface area contributed by atoms with Gasteiger partial charge in [0.2, 0.25) is 0 Å². The Hall–Kier alpha value is -1.10. The number of rotatable bonds is 4. The van der Waals surface area contributed by atoms with E-state index in [-0.39, 0.29) is 20.5 Å². The number of nitrogens with one attached hydrogen (secondary N) is 8. The number of benzene rings is 1. The van der Waals surface area contributed by atoms with Gasteiger partial charge in [-0.25, -0.2) is 10.2 Å². The molecule has 0 amide bonds. The third kappa shape index (κ3) is 2.95. The molecular formula is C8H18N8. The maximum absolute atomic E-state index is 7.63.